The molecule has 0 bridgehead atoms. The summed E-state index contributed by atoms with van der Waals surface area (Å²) < 4.78 is 188. The van der Waals surface area contributed by atoms with E-state index in [1.54, 1.807) is 0 Å². The Morgan fingerprint density at radius 3 is 1.54 bits per heavy atom. The maximum absolute atomic E-state index is 13.0. The average Bonchev–Trinajstić information content (AvgIpc) is 3.18. The minimum Gasteiger partial charge on any atom is -0.505 e. The zero-order valence-corrected chi connectivity index (χ0v) is 37.0. The number of carbonyl (C=O) groups is 1. The number of nitrogens with one attached hydrogen (secondary N) is 1. The highest BCUT2D eigenvalue weighted by Gasteiger charge is 2.28. The van der Waals surface area contributed by atoms with Crippen LogP contribution in [-0.4, -0.2) is 104 Å². The van der Waals surface area contributed by atoms with Gasteiger partial charge in [0.1, 0.15) is 21.2 Å². The van der Waals surface area contributed by atoms with Gasteiger partial charge < -0.3 is 16.2 Å². The lowest BCUT2D eigenvalue weighted by Gasteiger charge is -2.14. The van der Waals surface area contributed by atoms with Gasteiger partial charge in [-0.25, -0.2) is 25.2 Å². The number of rotatable bonds is 18. The van der Waals surface area contributed by atoms with Crippen molar-refractivity contribution >= 4 is 112 Å². The molecule has 0 saturated heterocycles. The Hall–Kier alpha value is -5.91. The number of hydrogen-bond donors (Lipinski definition) is 7. The molecule has 1 amide bonds. The van der Waals surface area contributed by atoms with Crippen LogP contribution in [0.25, 0.3) is 10.8 Å². The highest BCUT2D eigenvalue weighted by atomic mass is 32.3. The predicted molar refractivity (Wildman–Crippen MR) is 224 cm³/mol. The molecule has 0 unspecified atom stereocenters. The van der Waals surface area contributed by atoms with Crippen molar-refractivity contribution < 1.29 is 87.0 Å². The highest BCUT2D eigenvalue weighted by molar-refractivity contribution is 7.91. The van der Waals surface area contributed by atoms with Crippen LogP contribution in [0.15, 0.2) is 125 Å². The van der Waals surface area contributed by atoms with Crippen molar-refractivity contribution in [3.63, 3.8) is 0 Å². The number of aromatic hydroxyl groups is 1. The van der Waals surface area contributed by atoms with E-state index in [1.807, 2.05) is 0 Å². The third kappa shape index (κ3) is 13.1. The summed E-state index contributed by atoms with van der Waals surface area (Å²) in [6.45, 7) is -1.80. The molecule has 0 heterocycles. The lowest BCUT2D eigenvalue weighted by Crippen LogP contribution is -2.16. The van der Waals surface area contributed by atoms with Gasteiger partial charge in [-0.1, -0.05) is 6.07 Å². The van der Waals surface area contributed by atoms with E-state index in [4.69, 9.17) is 14.8 Å². The molecule has 5 rings (SSSR count). The van der Waals surface area contributed by atoms with Gasteiger partial charge in [0.25, 0.3) is 26.1 Å². The number of amides is 1. The average molecular weight is 1020 g/mol. The van der Waals surface area contributed by atoms with Gasteiger partial charge in [-0.05, 0) is 84.2 Å². The number of phenolic OH excluding ortho intramolecular Hbond substituents is 1. The number of sulfone groups is 2. The molecule has 32 heteroatoms. The summed E-state index contributed by atoms with van der Waals surface area (Å²) >= 11 is 0. The Bertz CT molecular complexity index is 3460. The summed E-state index contributed by atoms with van der Waals surface area (Å²) in [4.78, 5) is 10.1. The predicted octanol–water partition coefficient (Wildman–Crippen LogP) is 3.89. The van der Waals surface area contributed by atoms with E-state index >= 15 is 0 Å². The van der Waals surface area contributed by atoms with Crippen LogP contribution in [0.5, 0.6) is 5.75 Å². The number of phenols is 1. The first-order chi connectivity index (χ1) is 29.9. The first-order valence-electron chi connectivity index (χ1n) is 17.2. The maximum atomic E-state index is 13.0. The van der Waals surface area contributed by atoms with Crippen LogP contribution in [0.1, 0.15) is 10.4 Å². The SMILES string of the molecule is Nc1c(/N=N/c2ccc(S(=O)(=O)CCOS(=O)(=O)O)cc2)c(S(=O)(=O)O)cc2cc(S(=O)(=O)O)c(/N=N/c3ccc(C(=O)Nc4cccc(S(=O)(=O)CCOS(=O)(=O)O)c4)cc3)c(O)c12. The number of nitrogens with two attached hydrogens (primary N) is 1. The van der Waals surface area contributed by atoms with Crippen LogP contribution in [0.4, 0.5) is 34.1 Å². The minimum atomic E-state index is -5.29. The van der Waals surface area contributed by atoms with Crippen molar-refractivity contribution in [2.24, 2.45) is 20.5 Å². The van der Waals surface area contributed by atoms with Crippen LogP contribution in [-0.2, 0) is 69.1 Å². The summed E-state index contributed by atoms with van der Waals surface area (Å²) in [6.07, 6.45) is 0. The number of fused-ring (bicyclic) bond motifs is 1. The molecule has 0 aliphatic carbocycles. The van der Waals surface area contributed by atoms with Crippen molar-refractivity contribution in [1.29, 1.82) is 0 Å². The number of azo groups is 2. The van der Waals surface area contributed by atoms with E-state index in [9.17, 15) is 69.5 Å². The van der Waals surface area contributed by atoms with Gasteiger partial charge in [-0.15, -0.1) is 10.2 Å². The molecular weight excluding hydrogens is 993 g/mol. The number of anilines is 2. The van der Waals surface area contributed by atoms with Crippen LogP contribution < -0.4 is 11.1 Å². The Balaban J connectivity index is 1.44. The Morgan fingerprint density at radius 1 is 0.585 bits per heavy atom. The van der Waals surface area contributed by atoms with E-state index in [2.05, 4.69) is 34.1 Å². The first kappa shape index (κ1) is 50.1. The number of nitrogens with zero attached hydrogens (tertiary/aromatic N) is 4. The molecule has 348 valence electrons. The van der Waals surface area contributed by atoms with Gasteiger partial charge in [-0.2, -0.15) is 43.9 Å². The molecule has 5 aromatic carbocycles. The summed E-state index contributed by atoms with van der Waals surface area (Å²) in [5, 5.41) is 27.9. The lowest BCUT2D eigenvalue weighted by molar-refractivity contribution is 0.102. The zero-order chi connectivity index (χ0) is 48.3. The quantitative estimate of drug-likeness (QED) is 0.0372. The fraction of sp³-hybridized carbons (Fsp3) is 0.121. The van der Waals surface area contributed by atoms with Crippen molar-refractivity contribution in [3.05, 3.63) is 90.5 Å². The largest absolute Gasteiger partial charge is 0.505 e. The van der Waals surface area contributed by atoms with Crippen molar-refractivity contribution in [1.82, 2.24) is 0 Å². The summed E-state index contributed by atoms with van der Waals surface area (Å²) in [5.41, 5.74) is 3.46. The highest BCUT2D eigenvalue weighted by Crippen LogP contribution is 2.48. The van der Waals surface area contributed by atoms with E-state index < -0.39 is 135 Å². The molecule has 26 nitrogen and oxygen atoms in total. The summed E-state index contributed by atoms with van der Waals surface area (Å²) in [7, 11) is -28.6. The number of benzene rings is 5. The third-order valence-electron chi connectivity index (χ3n) is 8.35. The fourth-order valence-corrected chi connectivity index (χ4v) is 9.77. The number of nitrogen functional groups attached to an aromatic ring is 1. The van der Waals surface area contributed by atoms with Crippen molar-refractivity contribution in [3.8, 4) is 5.75 Å². The Labute approximate surface area is 368 Å². The topological polar surface area (TPSA) is 429 Å². The molecule has 0 radical (unpaired) electrons. The molecule has 65 heavy (non-hydrogen) atoms. The molecule has 0 fully saturated rings. The maximum Gasteiger partial charge on any atom is 0.397 e. The fourth-order valence-electron chi connectivity index (χ4n) is 5.42. The van der Waals surface area contributed by atoms with Gasteiger partial charge in [0.05, 0.1) is 57.0 Å². The van der Waals surface area contributed by atoms with Crippen molar-refractivity contribution in [2.75, 3.05) is 35.8 Å². The Morgan fingerprint density at radius 2 is 1.05 bits per heavy atom. The second-order valence-corrected chi connectivity index (χ2v) is 22.0. The summed E-state index contributed by atoms with van der Waals surface area (Å²) in [6, 6.07) is 15.1. The smallest absolute Gasteiger partial charge is 0.397 e. The first-order valence-corrected chi connectivity index (χ1v) is 26.1. The van der Waals surface area contributed by atoms with Gasteiger partial charge in [-0.3, -0.25) is 23.0 Å². The molecule has 0 saturated carbocycles. The molecule has 5 aromatic rings. The third-order valence-corrected chi connectivity index (χ3v) is 14.4. The van der Waals surface area contributed by atoms with Crippen molar-refractivity contribution in [2.45, 2.75) is 19.6 Å². The number of carbonyl (C=O) groups excluding carboxylic acids is 1. The second kappa shape index (κ2) is 18.9. The van der Waals surface area contributed by atoms with Crippen LogP contribution in [0.2, 0.25) is 0 Å². The van der Waals surface area contributed by atoms with E-state index in [0.717, 1.165) is 30.3 Å². The van der Waals surface area contributed by atoms with Gasteiger partial charge >= 0.3 is 20.8 Å². The minimum absolute atomic E-state index is 0.00118. The molecule has 0 atom stereocenters. The van der Waals surface area contributed by atoms with Gasteiger partial charge in [0.15, 0.2) is 25.4 Å². The summed E-state index contributed by atoms with van der Waals surface area (Å²) in [5.74, 6) is -3.56. The monoisotopic (exact) mass is 1020 g/mol. The standard InChI is InChI=1S/C33H30N6O20S6/c34-29-28-20(16-26(62(46,47)48)30(29)38-36-22-8-10-24(11-9-22)60(42,43)14-12-58-64(52,53)54)17-27(63(49,50)51)31(32(28)40)39-37-21-6-4-19(5-7-21)33(41)35-23-2-1-3-25(18-23)61(44,45)15-13-59-65(55,56)57/h1-11,16-18,40H,12-15,34H2,(H,35,41)(H,46,47,48)(H,49,50,51)(H,52,53,54)(H,55,56,57)/b38-36+,39-37+. The van der Waals surface area contributed by atoms with E-state index in [1.165, 1.54) is 42.5 Å². The second-order valence-electron chi connectivity index (χ2n) is 12.8. The van der Waals surface area contributed by atoms with Gasteiger partial charge in [0.2, 0.25) is 0 Å². The van der Waals surface area contributed by atoms with E-state index in [-0.39, 0.29) is 32.4 Å². The van der Waals surface area contributed by atoms with Crippen LogP contribution >= 0.6 is 0 Å². The molecule has 8 N–H and O–H groups in total. The zero-order valence-electron chi connectivity index (χ0n) is 32.1. The molecule has 0 aliphatic heterocycles. The van der Waals surface area contributed by atoms with Gasteiger partial charge in [0, 0.05) is 11.3 Å². The number of hydrogen-bond acceptors (Lipinski definition) is 21. The normalized spacial score (nSPS) is 13.2. The van der Waals surface area contributed by atoms with E-state index in [0.29, 0.717) is 12.1 Å². The molecule has 0 spiro atoms. The lowest BCUT2D eigenvalue weighted by atomic mass is 10.1. The molecule has 0 aliphatic rings. The van der Waals surface area contributed by atoms with Crippen LogP contribution in [0.3, 0.4) is 0 Å². The molecular formula is C33H30N6O20S6. The molecule has 0 aromatic heterocycles. The van der Waals surface area contributed by atoms with Crippen LogP contribution in [0, 0.1) is 0 Å². The Kier molecular flexibility index (Phi) is 14.6.